The molecule has 1 aliphatic heterocycles. The maximum absolute atomic E-state index is 15.2. The zero-order valence-electron chi connectivity index (χ0n) is 25.5. The van der Waals surface area contributed by atoms with Gasteiger partial charge in [0, 0.05) is 47.9 Å². The van der Waals surface area contributed by atoms with Crippen molar-refractivity contribution in [1.82, 2.24) is 19.9 Å². The molecule has 0 saturated carbocycles. The minimum absolute atomic E-state index is 0.153. The number of pyridine rings is 1. The molecule has 11 nitrogen and oxygen atoms in total. The Kier molecular flexibility index (Phi) is 9.04. The lowest BCUT2D eigenvalue weighted by atomic mass is 10.0. The molecule has 15 heteroatoms. The fourth-order valence-electron chi connectivity index (χ4n) is 5.55. The number of hydrogen-bond donors (Lipinski definition) is 3. The van der Waals surface area contributed by atoms with E-state index in [-0.39, 0.29) is 28.7 Å². The van der Waals surface area contributed by atoms with Crippen LogP contribution in [0.3, 0.4) is 0 Å². The number of piperidine rings is 1. The van der Waals surface area contributed by atoms with Gasteiger partial charge in [0.2, 0.25) is 21.9 Å². The fraction of sp³-hybridized carbons (Fsp3) is 0.212. The zero-order chi connectivity index (χ0) is 34.0. The molecule has 1 atom stereocenters. The van der Waals surface area contributed by atoms with Crippen LogP contribution < -0.4 is 14.8 Å². The van der Waals surface area contributed by atoms with Crippen molar-refractivity contribution in [3.05, 3.63) is 102 Å². The zero-order valence-corrected chi connectivity index (χ0v) is 26.3. The van der Waals surface area contributed by atoms with Gasteiger partial charge in [-0.1, -0.05) is 24.3 Å². The summed E-state index contributed by atoms with van der Waals surface area (Å²) in [6.45, 7) is 2.52. The molecular weight excluding hydrogens is 649 g/mol. The van der Waals surface area contributed by atoms with E-state index in [2.05, 4.69) is 25.0 Å². The van der Waals surface area contributed by atoms with Gasteiger partial charge in [-0.3, -0.25) is 4.72 Å². The summed E-state index contributed by atoms with van der Waals surface area (Å²) in [6, 6.07) is 13.8. The number of likely N-dealkylation sites (tertiary alicyclic amines) is 1. The molecule has 1 unspecified atom stereocenters. The Bertz CT molecular complexity index is 2140. The van der Waals surface area contributed by atoms with Gasteiger partial charge in [-0.2, -0.15) is 0 Å². The molecular formula is C33H29F3N6O5S. The van der Waals surface area contributed by atoms with Gasteiger partial charge in [0.1, 0.15) is 11.6 Å². The molecule has 248 valence electrons. The highest BCUT2D eigenvalue weighted by atomic mass is 32.2. The van der Waals surface area contributed by atoms with Crippen LogP contribution in [0.4, 0.5) is 29.6 Å². The molecule has 3 aromatic carbocycles. The van der Waals surface area contributed by atoms with Crippen LogP contribution in [-0.4, -0.2) is 58.6 Å². The number of fused-ring (bicyclic) bond motifs is 1. The third kappa shape index (κ3) is 6.95. The van der Waals surface area contributed by atoms with E-state index in [1.54, 1.807) is 37.4 Å². The Balaban J connectivity index is 1.30. The smallest absolute Gasteiger partial charge is 0.407 e. The molecule has 1 fully saturated rings. The number of rotatable bonds is 9. The van der Waals surface area contributed by atoms with Crippen LogP contribution in [0.25, 0.3) is 22.0 Å². The van der Waals surface area contributed by atoms with Crippen molar-refractivity contribution in [1.29, 1.82) is 0 Å². The van der Waals surface area contributed by atoms with E-state index in [1.807, 2.05) is 0 Å². The van der Waals surface area contributed by atoms with Gasteiger partial charge in [0.15, 0.2) is 11.6 Å². The first-order valence-electron chi connectivity index (χ1n) is 14.8. The number of halogens is 3. The number of nitrogens with zero attached hydrogens (tertiary/aromatic N) is 4. The summed E-state index contributed by atoms with van der Waals surface area (Å²) in [4.78, 5) is 26.1. The number of sulfonamides is 1. The van der Waals surface area contributed by atoms with Crippen LogP contribution in [0.5, 0.6) is 11.6 Å². The summed E-state index contributed by atoms with van der Waals surface area (Å²) < 4.78 is 77.7. The highest BCUT2D eigenvalue weighted by Crippen LogP contribution is 2.40. The quantitative estimate of drug-likeness (QED) is 0.155. The van der Waals surface area contributed by atoms with Gasteiger partial charge in [-0.05, 0) is 61.7 Å². The molecule has 0 bridgehead atoms. The molecule has 1 aliphatic rings. The largest absolute Gasteiger partial charge is 0.465 e. The molecule has 0 aliphatic carbocycles. The number of hydrogen-bond acceptors (Lipinski definition) is 8. The topological polar surface area (TPSA) is 147 Å². The standard InChI is InChI=1S/C33H29F3N6O5S/c1-19-9-10-22-23(11-12-26(35)29(22)41-48(45,46)18-20-5-2-8-25(34)28(20)36)30(19)47-31-24(7-3-14-37-31)27-13-15-38-32(40-27)39-21-6-4-16-42(17-21)33(43)44/h2-3,5,7-15,21,41H,4,6,16-18H2,1H3,(H,43,44)(H,38,39,40). The summed E-state index contributed by atoms with van der Waals surface area (Å²) >= 11 is 0. The molecule has 3 heterocycles. The lowest BCUT2D eigenvalue weighted by Gasteiger charge is -2.31. The Morgan fingerprint density at radius 3 is 2.62 bits per heavy atom. The van der Waals surface area contributed by atoms with Crippen molar-refractivity contribution < 1.29 is 36.2 Å². The minimum atomic E-state index is -4.39. The van der Waals surface area contributed by atoms with Crippen LogP contribution in [0.1, 0.15) is 24.0 Å². The summed E-state index contributed by atoms with van der Waals surface area (Å²) in [5.74, 6) is -3.59. The number of aryl methyl sites for hydroxylation is 1. The first-order chi connectivity index (χ1) is 23.0. The van der Waals surface area contributed by atoms with Gasteiger partial charge in [-0.25, -0.2) is 41.3 Å². The summed E-state index contributed by atoms with van der Waals surface area (Å²) in [7, 11) is -4.39. The fourth-order valence-corrected chi connectivity index (χ4v) is 6.77. The number of ether oxygens (including phenoxy) is 1. The first kappa shape index (κ1) is 32.5. The van der Waals surface area contributed by atoms with Gasteiger partial charge in [0.05, 0.1) is 22.7 Å². The number of anilines is 2. The van der Waals surface area contributed by atoms with E-state index in [0.29, 0.717) is 47.7 Å². The summed E-state index contributed by atoms with van der Waals surface area (Å²) in [5, 5.41) is 13.1. The van der Waals surface area contributed by atoms with E-state index < -0.39 is 44.9 Å². The molecule has 6 rings (SSSR count). The van der Waals surface area contributed by atoms with Crippen molar-refractivity contribution in [2.75, 3.05) is 23.1 Å². The molecule has 2 aromatic heterocycles. The number of benzene rings is 3. The Morgan fingerprint density at radius 1 is 1.00 bits per heavy atom. The average molecular weight is 679 g/mol. The first-order valence-corrected chi connectivity index (χ1v) is 16.5. The van der Waals surface area contributed by atoms with E-state index in [1.165, 1.54) is 29.3 Å². The lowest BCUT2D eigenvalue weighted by molar-refractivity contribution is 0.132. The van der Waals surface area contributed by atoms with Gasteiger partial charge in [-0.15, -0.1) is 0 Å². The molecule has 3 N–H and O–H groups in total. The Hall–Kier alpha value is -5.44. The second-order valence-electron chi connectivity index (χ2n) is 11.2. The summed E-state index contributed by atoms with van der Waals surface area (Å²) in [5.41, 5.74) is 0.798. The highest BCUT2D eigenvalue weighted by Gasteiger charge is 2.25. The van der Waals surface area contributed by atoms with E-state index >= 15 is 4.39 Å². The normalized spacial score (nSPS) is 14.9. The molecule has 5 aromatic rings. The molecule has 0 radical (unpaired) electrons. The van der Waals surface area contributed by atoms with Crippen molar-refractivity contribution in [3.63, 3.8) is 0 Å². The van der Waals surface area contributed by atoms with Crippen LogP contribution in [-0.2, 0) is 15.8 Å². The van der Waals surface area contributed by atoms with Crippen molar-refractivity contribution in [2.45, 2.75) is 31.6 Å². The Labute approximate surface area is 273 Å². The van der Waals surface area contributed by atoms with E-state index in [9.17, 15) is 27.1 Å². The molecule has 0 spiro atoms. The van der Waals surface area contributed by atoms with Crippen LogP contribution >= 0.6 is 0 Å². The van der Waals surface area contributed by atoms with Crippen LogP contribution in [0.2, 0.25) is 0 Å². The van der Waals surface area contributed by atoms with Crippen LogP contribution in [0, 0.1) is 24.4 Å². The molecule has 1 amide bonds. The number of aromatic nitrogens is 3. The van der Waals surface area contributed by atoms with E-state index in [0.717, 1.165) is 24.6 Å². The SMILES string of the molecule is Cc1ccc2c(NS(=O)(=O)Cc3cccc(F)c3F)c(F)ccc2c1Oc1ncccc1-c1ccnc(NC2CCCN(C(=O)O)C2)n1. The Morgan fingerprint density at radius 2 is 1.81 bits per heavy atom. The lowest BCUT2D eigenvalue weighted by Crippen LogP contribution is -2.44. The third-order valence-electron chi connectivity index (χ3n) is 7.86. The van der Waals surface area contributed by atoms with Crippen molar-refractivity contribution >= 4 is 38.5 Å². The molecule has 1 saturated heterocycles. The second-order valence-corrected chi connectivity index (χ2v) is 13.0. The molecule has 48 heavy (non-hydrogen) atoms. The minimum Gasteiger partial charge on any atom is -0.465 e. The maximum atomic E-state index is 15.2. The maximum Gasteiger partial charge on any atom is 0.407 e. The predicted octanol–water partition coefficient (Wildman–Crippen LogP) is 6.71. The predicted molar refractivity (Wildman–Crippen MR) is 173 cm³/mol. The average Bonchev–Trinajstić information content (AvgIpc) is 3.06. The monoisotopic (exact) mass is 678 g/mol. The van der Waals surface area contributed by atoms with Gasteiger partial charge < -0.3 is 20.1 Å². The van der Waals surface area contributed by atoms with Gasteiger partial charge >= 0.3 is 6.09 Å². The second kappa shape index (κ2) is 13.4. The van der Waals surface area contributed by atoms with Gasteiger partial charge in [0.25, 0.3) is 0 Å². The summed E-state index contributed by atoms with van der Waals surface area (Å²) in [6.07, 6.45) is 3.54. The number of carbonyl (C=O) groups is 1. The highest BCUT2D eigenvalue weighted by molar-refractivity contribution is 7.91. The number of nitrogens with one attached hydrogen (secondary N) is 2. The van der Waals surface area contributed by atoms with E-state index in [4.69, 9.17) is 4.74 Å². The number of amides is 1. The van der Waals surface area contributed by atoms with Crippen molar-refractivity contribution in [2.24, 2.45) is 0 Å². The third-order valence-corrected chi connectivity index (χ3v) is 9.06. The van der Waals surface area contributed by atoms with Crippen molar-refractivity contribution in [3.8, 4) is 22.9 Å². The number of carboxylic acid groups (broad SMARTS) is 1. The van der Waals surface area contributed by atoms with Crippen LogP contribution in [0.15, 0.2) is 73.1 Å².